The zero-order chi connectivity index (χ0) is 16.5. The van der Waals surface area contributed by atoms with E-state index in [2.05, 4.69) is 6.92 Å². The highest BCUT2D eigenvalue weighted by Crippen LogP contribution is 2.10. The van der Waals surface area contributed by atoms with E-state index >= 15 is 0 Å². The van der Waals surface area contributed by atoms with Gasteiger partial charge >= 0.3 is 5.97 Å². The number of carboxylic acid groups (broad SMARTS) is 1. The minimum absolute atomic E-state index is 0.331. The fourth-order valence-corrected chi connectivity index (χ4v) is 2.18. The van der Waals surface area contributed by atoms with Crippen molar-refractivity contribution in [1.82, 2.24) is 0 Å². The van der Waals surface area contributed by atoms with Crippen molar-refractivity contribution in [2.75, 3.05) is 6.61 Å². The predicted molar refractivity (Wildman–Crippen MR) is 92.3 cm³/mol. The van der Waals surface area contributed by atoms with Crippen LogP contribution >= 0.6 is 0 Å². The van der Waals surface area contributed by atoms with Crippen LogP contribution < -0.4 is 0 Å². The number of aliphatic hydroxyl groups is 1. The van der Waals surface area contributed by atoms with Gasteiger partial charge < -0.3 is 10.2 Å². The van der Waals surface area contributed by atoms with Crippen LogP contribution in [0.15, 0.2) is 30.3 Å². The van der Waals surface area contributed by atoms with E-state index < -0.39 is 5.97 Å². The molecular weight excluding hydrogens is 276 g/mol. The Balaban J connectivity index is 0.000000425. The van der Waals surface area contributed by atoms with Gasteiger partial charge in [-0.2, -0.15) is 0 Å². The number of aliphatic hydroxyl groups excluding tert-OH is 1. The maximum Gasteiger partial charge on any atom is 0.335 e. The second kappa shape index (κ2) is 16.0. The van der Waals surface area contributed by atoms with Crippen LogP contribution in [0.1, 0.15) is 81.5 Å². The lowest BCUT2D eigenvalue weighted by Gasteiger charge is -2.00. The van der Waals surface area contributed by atoms with Crippen LogP contribution in [0, 0.1) is 0 Å². The Labute approximate surface area is 135 Å². The predicted octanol–water partition coefficient (Wildman–Crippen LogP) is 5.28. The molecule has 0 heterocycles. The quantitative estimate of drug-likeness (QED) is 0.546. The van der Waals surface area contributed by atoms with Crippen molar-refractivity contribution in [3.05, 3.63) is 35.9 Å². The summed E-state index contributed by atoms with van der Waals surface area (Å²) in [6, 6.07) is 8.30. The van der Waals surface area contributed by atoms with Gasteiger partial charge in [0.15, 0.2) is 0 Å². The molecule has 1 rings (SSSR count). The molecule has 3 heteroatoms. The van der Waals surface area contributed by atoms with E-state index in [0.717, 1.165) is 6.42 Å². The summed E-state index contributed by atoms with van der Waals surface area (Å²) < 4.78 is 0. The molecular formula is C19H32O3. The zero-order valence-electron chi connectivity index (χ0n) is 14.0. The average Bonchev–Trinajstić information content (AvgIpc) is 2.55. The van der Waals surface area contributed by atoms with Gasteiger partial charge in [-0.1, -0.05) is 82.9 Å². The van der Waals surface area contributed by atoms with E-state index in [9.17, 15) is 4.79 Å². The number of carboxylic acids is 1. The summed E-state index contributed by atoms with van der Waals surface area (Å²) in [5.41, 5.74) is 0.331. The molecule has 126 valence electrons. The standard InChI is InChI=1S/C12H26O.C7H6O2/c1-2-3-4-5-6-7-8-9-10-11-12-13;8-7(9)6-4-2-1-3-5-6/h13H,2-12H2,1H3;1-5H,(H,8,9). The first-order valence-corrected chi connectivity index (χ1v) is 8.61. The van der Waals surface area contributed by atoms with Crippen LogP contribution in [0.2, 0.25) is 0 Å². The Bertz CT molecular complexity index is 339. The van der Waals surface area contributed by atoms with Crippen LogP contribution in [0.4, 0.5) is 0 Å². The summed E-state index contributed by atoms with van der Waals surface area (Å²) in [6.45, 7) is 2.63. The van der Waals surface area contributed by atoms with Crippen LogP contribution in [0.5, 0.6) is 0 Å². The molecule has 0 aliphatic carbocycles. The summed E-state index contributed by atoms with van der Waals surface area (Å²) in [5.74, 6) is -0.879. The topological polar surface area (TPSA) is 57.5 Å². The molecule has 3 nitrogen and oxygen atoms in total. The Kier molecular flexibility index (Phi) is 15.0. The number of benzene rings is 1. The number of carbonyl (C=O) groups is 1. The van der Waals surface area contributed by atoms with Gasteiger partial charge in [0, 0.05) is 6.61 Å². The van der Waals surface area contributed by atoms with Crippen molar-refractivity contribution in [3.8, 4) is 0 Å². The summed E-state index contributed by atoms with van der Waals surface area (Å²) in [6.07, 6.45) is 13.3. The molecule has 0 aliphatic rings. The Morgan fingerprint density at radius 1 is 0.818 bits per heavy atom. The highest BCUT2D eigenvalue weighted by atomic mass is 16.4. The number of hydrogen-bond donors (Lipinski definition) is 2. The van der Waals surface area contributed by atoms with E-state index in [0.29, 0.717) is 12.2 Å². The van der Waals surface area contributed by atoms with Crippen molar-refractivity contribution in [2.24, 2.45) is 0 Å². The highest BCUT2D eigenvalue weighted by Gasteiger charge is 1.96. The number of unbranched alkanes of at least 4 members (excludes halogenated alkanes) is 9. The van der Waals surface area contributed by atoms with Gasteiger partial charge in [0.1, 0.15) is 0 Å². The summed E-state index contributed by atoms with van der Waals surface area (Å²) >= 11 is 0. The van der Waals surface area contributed by atoms with Gasteiger partial charge in [-0.3, -0.25) is 0 Å². The smallest absolute Gasteiger partial charge is 0.335 e. The molecule has 1 aromatic carbocycles. The molecule has 0 saturated carbocycles. The minimum atomic E-state index is -0.879. The van der Waals surface area contributed by atoms with Gasteiger partial charge in [0.05, 0.1) is 5.56 Å². The minimum Gasteiger partial charge on any atom is -0.478 e. The molecule has 0 spiro atoms. The van der Waals surface area contributed by atoms with Crippen LogP contribution in [-0.2, 0) is 0 Å². The second-order valence-corrected chi connectivity index (χ2v) is 5.58. The molecule has 0 bridgehead atoms. The third-order valence-corrected chi connectivity index (χ3v) is 3.53. The monoisotopic (exact) mass is 308 g/mol. The first-order chi connectivity index (χ1) is 10.7. The number of hydrogen-bond acceptors (Lipinski definition) is 2. The van der Waals surface area contributed by atoms with E-state index in [1.54, 1.807) is 30.3 Å². The molecule has 2 N–H and O–H groups in total. The van der Waals surface area contributed by atoms with Gasteiger partial charge in [0.25, 0.3) is 0 Å². The zero-order valence-corrected chi connectivity index (χ0v) is 14.0. The molecule has 0 saturated heterocycles. The fraction of sp³-hybridized carbons (Fsp3) is 0.632. The first kappa shape index (κ1) is 20.6. The van der Waals surface area contributed by atoms with Crippen LogP contribution in [0.25, 0.3) is 0 Å². The Morgan fingerprint density at radius 2 is 1.27 bits per heavy atom. The lowest BCUT2D eigenvalue weighted by molar-refractivity contribution is 0.0697. The van der Waals surface area contributed by atoms with E-state index in [1.807, 2.05) is 0 Å². The molecule has 0 amide bonds. The molecule has 0 radical (unpaired) electrons. The molecule has 0 atom stereocenters. The van der Waals surface area contributed by atoms with Crippen molar-refractivity contribution in [2.45, 2.75) is 71.1 Å². The number of aromatic carboxylic acids is 1. The van der Waals surface area contributed by atoms with Gasteiger partial charge in [-0.15, -0.1) is 0 Å². The lowest BCUT2D eigenvalue weighted by atomic mass is 10.1. The van der Waals surface area contributed by atoms with Crippen LogP contribution in [-0.4, -0.2) is 22.8 Å². The fourth-order valence-electron chi connectivity index (χ4n) is 2.18. The normalized spacial score (nSPS) is 9.91. The van der Waals surface area contributed by atoms with Gasteiger partial charge in [-0.25, -0.2) is 4.79 Å². The van der Waals surface area contributed by atoms with E-state index in [4.69, 9.17) is 10.2 Å². The highest BCUT2D eigenvalue weighted by molar-refractivity contribution is 5.87. The Morgan fingerprint density at radius 3 is 1.64 bits per heavy atom. The van der Waals surface area contributed by atoms with Crippen molar-refractivity contribution >= 4 is 5.97 Å². The maximum absolute atomic E-state index is 10.2. The molecule has 1 aromatic rings. The molecule has 0 unspecified atom stereocenters. The maximum atomic E-state index is 10.2. The van der Waals surface area contributed by atoms with Crippen molar-refractivity contribution in [1.29, 1.82) is 0 Å². The summed E-state index contributed by atoms with van der Waals surface area (Å²) in [4.78, 5) is 10.2. The number of rotatable bonds is 11. The summed E-state index contributed by atoms with van der Waals surface area (Å²) in [5, 5.41) is 17.0. The van der Waals surface area contributed by atoms with Gasteiger partial charge in [-0.05, 0) is 18.6 Å². The molecule has 0 aliphatic heterocycles. The SMILES string of the molecule is CCCCCCCCCCCCO.O=C(O)c1ccccc1. The summed E-state index contributed by atoms with van der Waals surface area (Å²) in [7, 11) is 0. The van der Waals surface area contributed by atoms with Crippen molar-refractivity contribution < 1.29 is 15.0 Å². The van der Waals surface area contributed by atoms with Gasteiger partial charge in [0.2, 0.25) is 0 Å². The second-order valence-electron chi connectivity index (χ2n) is 5.58. The van der Waals surface area contributed by atoms with E-state index in [1.165, 1.54) is 57.8 Å². The molecule has 0 fully saturated rings. The van der Waals surface area contributed by atoms with E-state index in [-0.39, 0.29) is 0 Å². The van der Waals surface area contributed by atoms with Crippen molar-refractivity contribution in [3.63, 3.8) is 0 Å². The third-order valence-electron chi connectivity index (χ3n) is 3.53. The largest absolute Gasteiger partial charge is 0.478 e. The lowest BCUT2D eigenvalue weighted by Crippen LogP contribution is -1.93. The Hall–Kier alpha value is -1.35. The molecule has 0 aromatic heterocycles. The third kappa shape index (κ3) is 13.6. The first-order valence-electron chi connectivity index (χ1n) is 8.61. The molecule has 22 heavy (non-hydrogen) atoms. The average molecular weight is 308 g/mol. The van der Waals surface area contributed by atoms with Crippen LogP contribution in [0.3, 0.4) is 0 Å².